The summed E-state index contributed by atoms with van der Waals surface area (Å²) in [6.07, 6.45) is 1.81. The number of anilines is 1. The van der Waals surface area contributed by atoms with E-state index in [1.165, 1.54) is 0 Å². The average Bonchev–Trinajstić information content (AvgIpc) is 2.40. The summed E-state index contributed by atoms with van der Waals surface area (Å²) in [5.41, 5.74) is 1.84. The highest BCUT2D eigenvalue weighted by Gasteiger charge is 2.07. The minimum absolute atomic E-state index is 0.180. The molecule has 0 bridgehead atoms. The van der Waals surface area contributed by atoms with Gasteiger partial charge in [-0.15, -0.1) is 0 Å². The van der Waals surface area contributed by atoms with Crippen LogP contribution in [0.25, 0.3) is 0 Å². The normalized spacial score (nSPS) is 11.1. The van der Waals surface area contributed by atoms with Crippen molar-refractivity contribution in [2.45, 2.75) is 12.2 Å². The van der Waals surface area contributed by atoms with Crippen LogP contribution in [0.4, 0.5) is 5.69 Å². The van der Waals surface area contributed by atoms with E-state index in [1.807, 2.05) is 6.07 Å². The highest BCUT2D eigenvalue weighted by atomic mass is 32.2. The first-order valence-corrected chi connectivity index (χ1v) is 7.93. The number of nitrogens with zero attached hydrogens (tertiary/aromatic N) is 1. The van der Waals surface area contributed by atoms with E-state index in [0.29, 0.717) is 16.9 Å². The van der Waals surface area contributed by atoms with Crippen molar-refractivity contribution in [3.05, 3.63) is 59.9 Å². The number of sulfonamides is 1. The number of primary sulfonamides is 1. The molecule has 0 aliphatic rings. The molecule has 0 radical (unpaired) electrons. The van der Waals surface area contributed by atoms with Crippen LogP contribution in [0.2, 0.25) is 0 Å². The van der Waals surface area contributed by atoms with Crippen molar-refractivity contribution >= 4 is 21.6 Å². The molecule has 3 N–H and O–H groups in total. The van der Waals surface area contributed by atoms with Crippen molar-refractivity contribution in [3.63, 3.8) is 0 Å². The molecular formula is C14H15N3O3S. The van der Waals surface area contributed by atoms with Crippen molar-refractivity contribution in [2.24, 2.45) is 5.14 Å². The van der Waals surface area contributed by atoms with Gasteiger partial charge in [0.15, 0.2) is 0 Å². The number of nitrogens with one attached hydrogen (secondary N) is 1. The van der Waals surface area contributed by atoms with Gasteiger partial charge in [0.25, 0.3) is 0 Å². The number of hydrogen-bond donors (Lipinski definition) is 2. The van der Waals surface area contributed by atoms with E-state index < -0.39 is 10.0 Å². The molecule has 0 unspecified atom stereocenters. The molecule has 1 aromatic heterocycles. The zero-order valence-electron chi connectivity index (χ0n) is 11.2. The summed E-state index contributed by atoms with van der Waals surface area (Å²) < 4.78 is 21.9. The molecular weight excluding hydrogens is 290 g/mol. The molecule has 0 saturated carbocycles. The summed E-state index contributed by atoms with van der Waals surface area (Å²) in [6.45, 7) is 0. The third-order valence-electron chi connectivity index (χ3n) is 2.67. The minimum Gasteiger partial charge on any atom is -0.326 e. The van der Waals surface area contributed by atoms with Crippen LogP contribution in [0.15, 0.2) is 48.7 Å². The predicted octanol–water partition coefficient (Wildman–Crippen LogP) is 1.05. The maximum atomic E-state index is 11.8. The number of carbonyl (C=O) groups is 1. The molecule has 21 heavy (non-hydrogen) atoms. The molecule has 110 valence electrons. The predicted molar refractivity (Wildman–Crippen MR) is 79.8 cm³/mol. The number of amides is 1. The highest BCUT2D eigenvalue weighted by Crippen LogP contribution is 2.11. The fourth-order valence-corrected chi connectivity index (χ4v) is 2.45. The van der Waals surface area contributed by atoms with Gasteiger partial charge >= 0.3 is 0 Å². The molecule has 0 atom stereocenters. The third-order valence-corrected chi connectivity index (χ3v) is 3.41. The molecule has 2 rings (SSSR count). The van der Waals surface area contributed by atoms with E-state index in [2.05, 4.69) is 10.3 Å². The van der Waals surface area contributed by atoms with E-state index in [9.17, 15) is 13.2 Å². The van der Waals surface area contributed by atoms with E-state index in [0.717, 1.165) is 0 Å². The minimum atomic E-state index is -3.55. The van der Waals surface area contributed by atoms with Gasteiger partial charge in [-0.25, -0.2) is 13.6 Å². The summed E-state index contributed by atoms with van der Waals surface area (Å²) in [4.78, 5) is 15.9. The van der Waals surface area contributed by atoms with Gasteiger partial charge in [-0.1, -0.05) is 18.2 Å². The Morgan fingerprint density at radius 2 is 1.86 bits per heavy atom. The largest absolute Gasteiger partial charge is 0.326 e. The standard InChI is InChI=1S/C14H15N3O3S/c15-21(19,20)10-11-4-6-12(7-5-11)17-14(18)9-13-3-1-2-8-16-13/h1-8H,9-10H2,(H,17,18)(H2,15,19,20). The third kappa shape index (κ3) is 5.33. The van der Waals surface area contributed by atoms with Crippen molar-refractivity contribution in [3.8, 4) is 0 Å². The smallest absolute Gasteiger partial charge is 0.230 e. The lowest BCUT2D eigenvalue weighted by atomic mass is 10.2. The Labute approximate surface area is 123 Å². The Hall–Kier alpha value is -2.25. The van der Waals surface area contributed by atoms with Crippen LogP contribution in [-0.2, 0) is 27.0 Å². The molecule has 0 aliphatic carbocycles. The molecule has 0 aliphatic heterocycles. The summed E-state index contributed by atoms with van der Waals surface area (Å²) in [5, 5.41) is 7.69. The maximum absolute atomic E-state index is 11.8. The van der Waals surface area contributed by atoms with Crippen LogP contribution in [-0.4, -0.2) is 19.3 Å². The Morgan fingerprint density at radius 3 is 2.43 bits per heavy atom. The number of carbonyl (C=O) groups excluding carboxylic acids is 1. The Morgan fingerprint density at radius 1 is 1.14 bits per heavy atom. The highest BCUT2D eigenvalue weighted by molar-refractivity contribution is 7.88. The lowest BCUT2D eigenvalue weighted by molar-refractivity contribution is -0.115. The monoisotopic (exact) mass is 305 g/mol. The first kappa shape index (κ1) is 15.1. The number of aromatic nitrogens is 1. The lowest BCUT2D eigenvalue weighted by Gasteiger charge is -2.06. The van der Waals surface area contributed by atoms with E-state index >= 15 is 0 Å². The van der Waals surface area contributed by atoms with E-state index in [-0.39, 0.29) is 18.1 Å². The second-order valence-electron chi connectivity index (χ2n) is 4.55. The van der Waals surface area contributed by atoms with Crippen LogP contribution >= 0.6 is 0 Å². The van der Waals surface area contributed by atoms with Crippen LogP contribution in [0.3, 0.4) is 0 Å². The van der Waals surface area contributed by atoms with Gasteiger partial charge in [-0.05, 0) is 29.8 Å². The van der Waals surface area contributed by atoms with Gasteiger partial charge in [0, 0.05) is 17.6 Å². The quantitative estimate of drug-likeness (QED) is 0.862. The lowest BCUT2D eigenvalue weighted by Crippen LogP contribution is -2.16. The SMILES string of the molecule is NS(=O)(=O)Cc1ccc(NC(=O)Cc2ccccn2)cc1. The summed E-state index contributed by atoms with van der Waals surface area (Å²) in [7, 11) is -3.55. The van der Waals surface area contributed by atoms with Gasteiger partial charge < -0.3 is 5.32 Å². The Balaban J connectivity index is 1.95. The molecule has 2 aromatic rings. The summed E-state index contributed by atoms with van der Waals surface area (Å²) in [6, 6.07) is 11.9. The van der Waals surface area contributed by atoms with Crippen LogP contribution < -0.4 is 10.5 Å². The van der Waals surface area contributed by atoms with Crippen LogP contribution in [0, 0.1) is 0 Å². The molecule has 1 heterocycles. The second kappa shape index (κ2) is 6.47. The fraction of sp³-hybridized carbons (Fsp3) is 0.143. The summed E-state index contributed by atoms with van der Waals surface area (Å²) in [5.74, 6) is -0.414. The van der Waals surface area contributed by atoms with Crippen molar-refractivity contribution in [2.75, 3.05) is 5.32 Å². The molecule has 0 saturated heterocycles. The van der Waals surface area contributed by atoms with Crippen molar-refractivity contribution in [1.82, 2.24) is 4.98 Å². The van der Waals surface area contributed by atoms with Crippen molar-refractivity contribution < 1.29 is 13.2 Å². The van der Waals surface area contributed by atoms with Gasteiger partial charge in [-0.2, -0.15) is 0 Å². The van der Waals surface area contributed by atoms with Gasteiger partial charge in [0.1, 0.15) is 0 Å². The van der Waals surface area contributed by atoms with Gasteiger partial charge in [0.2, 0.25) is 15.9 Å². The Bertz CT molecular complexity index is 713. The van der Waals surface area contributed by atoms with Crippen LogP contribution in [0.1, 0.15) is 11.3 Å². The molecule has 1 amide bonds. The molecule has 7 heteroatoms. The Kier molecular flexibility index (Phi) is 4.66. The zero-order valence-corrected chi connectivity index (χ0v) is 12.0. The van der Waals surface area contributed by atoms with Gasteiger partial charge in [-0.3, -0.25) is 9.78 Å². The van der Waals surface area contributed by atoms with E-state index in [4.69, 9.17) is 5.14 Å². The number of pyridine rings is 1. The topological polar surface area (TPSA) is 102 Å². The molecule has 1 aromatic carbocycles. The molecule has 0 fully saturated rings. The van der Waals surface area contributed by atoms with E-state index in [1.54, 1.807) is 42.6 Å². The maximum Gasteiger partial charge on any atom is 0.230 e. The average molecular weight is 305 g/mol. The first-order valence-electron chi connectivity index (χ1n) is 6.21. The van der Waals surface area contributed by atoms with Crippen molar-refractivity contribution in [1.29, 1.82) is 0 Å². The molecule has 0 spiro atoms. The first-order chi connectivity index (χ1) is 9.92. The van der Waals surface area contributed by atoms with Gasteiger partial charge in [0.05, 0.1) is 12.2 Å². The number of rotatable bonds is 5. The zero-order chi connectivity index (χ0) is 15.3. The second-order valence-corrected chi connectivity index (χ2v) is 6.16. The number of benzene rings is 1. The number of nitrogens with two attached hydrogens (primary N) is 1. The fourth-order valence-electron chi connectivity index (χ4n) is 1.79. The summed E-state index contributed by atoms with van der Waals surface area (Å²) >= 11 is 0. The van der Waals surface area contributed by atoms with Crippen LogP contribution in [0.5, 0.6) is 0 Å². The molecule has 6 nitrogen and oxygen atoms in total. The number of hydrogen-bond acceptors (Lipinski definition) is 4.